The van der Waals surface area contributed by atoms with Crippen molar-refractivity contribution in [3.63, 3.8) is 0 Å². The number of hydrogen-bond donors (Lipinski definition) is 0. The lowest BCUT2D eigenvalue weighted by Gasteiger charge is -2.41. The molecule has 0 radical (unpaired) electrons. The summed E-state index contributed by atoms with van der Waals surface area (Å²) in [4.78, 5) is 0. The van der Waals surface area contributed by atoms with Crippen LogP contribution in [0.5, 0.6) is 0 Å². The number of rotatable bonds is 8. The van der Waals surface area contributed by atoms with E-state index in [1.54, 1.807) is 0 Å². The Kier molecular flexibility index (Phi) is 6.82. The predicted octanol–water partition coefficient (Wildman–Crippen LogP) is 6.18. The van der Waals surface area contributed by atoms with Gasteiger partial charge in [0.05, 0.1) is 0 Å². The minimum atomic E-state index is -1.91. The van der Waals surface area contributed by atoms with E-state index in [2.05, 4.69) is 95.3 Å². The lowest BCUT2D eigenvalue weighted by atomic mass is 10.1. The highest BCUT2D eigenvalue weighted by Gasteiger charge is 2.43. The third-order valence-electron chi connectivity index (χ3n) is 5.06. The lowest BCUT2D eigenvalue weighted by Crippen LogP contribution is -2.50. The smallest absolute Gasteiger partial charge is 0.202 e. The Bertz CT molecular complexity index is 584. The summed E-state index contributed by atoms with van der Waals surface area (Å²) in [5, 5.41) is 0. The first-order valence-corrected chi connectivity index (χ1v) is 11.5. The molecule has 0 saturated carbocycles. The average molecular weight is 341 g/mol. The third-order valence-corrected chi connectivity index (χ3v) is 10.8. The molecule has 1 nitrogen and oxygen atoms in total. The molecule has 1 unspecified atom stereocenters. The van der Waals surface area contributed by atoms with Crippen LogP contribution in [0.1, 0.15) is 45.7 Å². The second-order valence-electron chi connectivity index (χ2n) is 7.54. The summed E-state index contributed by atoms with van der Waals surface area (Å²) >= 11 is 0. The van der Waals surface area contributed by atoms with E-state index >= 15 is 0 Å². The van der Waals surface area contributed by atoms with Gasteiger partial charge in [0.1, 0.15) is 0 Å². The van der Waals surface area contributed by atoms with Crippen molar-refractivity contribution < 1.29 is 4.43 Å². The Balaban J connectivity index is 2.19. The fourth-order valence-electron chi connectivity index (χ4n) is 3.67. The first-order chi connectivity index (χ1) is 11.4. The molecule has 0 bridgehead atoms. The maximum atomic E-state index is 6.91. The molecule has 0 aliphatic rings. The first kappa shape index (κ1) is 18.9. The minimum Gasteiger partial charge on any atom is -0.413 e. The normalized spacial score (nSPS) is 13.5. The van der Waals surface area contributed by atoms with Gasteiger partial charge in [-0.15, -0.1) is 0 Å². The summed E-state index contributed by atoms with van der Waals surface area (Å²) in [6.45, 7) is 11.6. The summed E-state index contributed by atoms with van der Waals surface area (Å²) in [6.07, 6.45) is 1.25. The van der Waals surface area contributed by atoms with Gasteiger partial charge in [-0.2, -0.15) is 0 Å². The molecule has 0 aromatic heterocycles. The standard InChI is InChI=1S/C22H32OSi/c1-18(2)24(19(3)4,17-22-14-10-7-11-15-22)23-20(5)16-21-12-8-6-9-13-21/h6-15,18-20H,16-17H2,1-5H3. The molecular formula is C22H32OSi. The maximum Gasteiger partial charge on any atom is 0.202 e. The van der Waals surface area contributed by atoms with Crippen molar-refractivity contribution in [1.82, 2.24) is 0 Å². The van der Waals surface area contributed by atoms with Crippen LogP contribution in [0, 0.1) is 0 Å². The van der Waals surface area contributed by atoms with Crippen LogP contribution in [0.4, 0.5) is 0 Å². The predicted molar refractivity (Wildman–Crippen MR) is 107 cm³/mol. The van der Waals surface area contributed by atoms with Gasteiger partial charge in [-0.25, -0.2) is 0 Å². The van der Waals surface area contributed by atoms with E-state index in [0.717, 1.165) is 12.5 Å². The van der Waals surface area contributed by atoms with Crippen molar-refractivity contribution >= 4 is 8.32 Å². The van der Waals surface area contributed by atoms with Crippen LogP contribution in [0.2, 0.25) is 11.1 Å². The van der Waals surface area contributed by atoms with Crippen molar-refractivity contribution in [3.8, 4) is 0 Å². The van der Waals surface area contributed by atoms with Crippen LogP contribution in [0.15, 0.2) is 60.7 Å². The van der Waals surface area contributed by atoms with Crippen molar-refractivity contribution in [2.45, 2.75) is 64.3 Å². The van der Waals surface area contributed by atoms with E-state index in [-0.39, 0.29) is 6.10 Å². The fraction of sp³-hybridized carbons (Fsp3) is 0.455. The lowest BCUT2D eigenvalue weighted by molar-refractivity contribution is 0.195. The van der Waals surface area contributed by atoms with Crippen LogP contribution in [-0.2, 0) is 16.9 Å². The summed E-state index contributed by atoms with van der Waals surface area (Å²) in [7, 11) is -1.91. The van der Waals surface area contributed by atoms with Crippen molar-refractivity contribution in [3.05, 3.63) is 71.8 Å². The third kappa shape index (κ3) is 4.81. The average Bonchev–Trinajstić information content (AvgIpc) is 2.55. The summed E-state index contributed by atoms with van der Waals surface area (Å²) in [5.41, 5.74) is 3.96. The highest BCUT2D eigenvalue weighted by atomic mass is 28.4. The fourth-order valence-corrected chi connectivity index (χ4v) is 8.15. The van der Waals surface area contributed by atoms with Crippen molar-refractivity contribution in [1.29, 1.82) is 0 Å². The van der Waals surface area contributed by atoms with Gasteiger partial charge in [0.2, 0.25) is 8.32 Å². The molecule has 2 heteroatoms. The van der Waals surface area contributed by atoms with Gasteiger partial charge in [-0.1, -0.05) is 88.4 Å². The summed E-state index contributed by atoms with van der Waals surface area (Å²) in [6, 6.07) is 22.7. The van der Waals surface area contributed by atoms with Gasteiger partial charge in [0, 0.05) is 6.10 Å². The second-order valence-corrected chi connectivity index (χ2v) is 12.4. The van der Waals surface area contributed by atoms with Gasteiger partial charge < -0.3 is 4.43 Å². The van der Waals surface area contributed by atoms with Gasteiger partial charge in [-0.3, -0.25) is 0 Å². The molecule has 2 aromatic rings. The Hall–Kier alpha value is -1.38. The largest absolute Gasteiger partial charge is 0.413 e. The van der Waals surface area contributed by atoms with E-state index < -0.39 is 8.32 Å². The van der Waals surface area contributed by atoms with E-state index in [1.165, 1.54) is 11.1 Å². The van der Waals surface area contributed by atoms with Crippen LogP contribution in [-0.4, -0.2) is 14.4 Å². The first-order valence-electron chi connectivity index (χ1n) is 9.19. The van der Waals surface area contributed by atoms with Crippen LogP contribution < -0.4 is 0 Å². The maximum absolute atomic E-state index is 6.91. The molecule has 130 valence electrons. The topological polar surface area (TPSA) is 9.23 Å². The summed E-state index contributed by atoms with van der Waals surface area (Å²) in [5.74, 6) is 0. The molecule has 0 spiro atoms. The quantitative estimate of drug-likeness (QED) is 0.521. The van der Waals surface area contributed by atoms with E-state index in [1.807, 2.05) is 0 Å². The SMILES string of the molecule is CC(Cc1ccccc1)O[Si](Cc1ccccc1)(C(C)C)C(C)C. The van der Waals surface area contributed by atoms with E-state index in [0.29, 0.717) is 11.1 Å². The second kappa shape index (κ2) is 8.64. The monoisotopic (exact) mass is 340 g/mol. The van der Waals surface area contributed by atoms with Crippen molar-refractivity contribution in [2.24, 2.45) is 0 Å². The molecule has 0 saturated heterocycles. The number of benzene rings is 2. The summed E-state index contributed by atoms with van der Waals surface area (Å²) < 4.78 is 6.91. The highest BCUT2D eigenvalue weighted by molar-refractivity contribution is 6.75. The van der Waals surface area contributed by atoms with Crippen LogP contribution in [0.25, 0.3) is 0 Å². The van der Waals surface area contributed by atoms with Gasteiger partial charge in [0.15, 0.2) is 0 Å². The van der Waals surface area contributed by atoms with Gasteiger partial charge in [0.25, 0.3) is 0 Å². The molecule has 0 aliphatic carbocycles. The Morgan fingerprint density at radius 1 is 0.708 bits per heavy atom. The number of hydrogen-bond acceptors (Lipinski definition) is 1. The van der Waals surface area contributed by atoms with E-state index in [9.17, 15) is 0 Å². The van der Waals surface area contributed by atoms with E-state index in [4.69, 9.17) is 4.43 Å². The molecule has 24 heavy (non-hydrogen) atoms. The van der Waals surface area contributed by atoms with Gasteiger partial charge >= 0.3 is 0 Å². The Morgan fingerprint density at radius 2 is 1.17 bits per heavy atom. The molecule has 0 fully saturated rings. The van der Waals surface area contributed by atoms with Gasteiger partial charge in [-0.05, 0) is 41.6 Å². The minimum absolute atomic E-state index is 0.257. The Labute approximate surface area is 149 Å². The highest BCUT2D eigenvalue weighted by Crippen LogP contribution is 2.37. The molecule has 0 heterocycles. The van der Waals surface area contributed by atoms with Crippen molar-refractivity contribution in [2.75, 3.05) is 0 Å². The molecule has 0 aliphatic heterocycles. The molecular weight excluding hydrogens is 308 g/mol. The molecule has 1 atom stereocenters. The molecule has 2 aromatic carbocycles. The molecule has 2 rings (SSSR count). The van der Waals surface area contributed by atoms with Crippen LogP contribution in [0.3, 0.4) is 0 Å². The zero-order valence-electron chi connectivity index (χ0n) is 15.8. The van der Waals surface area contributed by atoms with Crippen LogP contribution >= 0.6 is 0 Å². The Morgan fingerprint density at radius 3 is 1.62 bits per heavy atom. The zero-order chi connectivity index (χ0) is 17.6. The molecule has 0 N–H and O–H groups in total. The molecule has 0 amide bonds. The zero-order valence-corrected chi connectivity index (χ0v) is 16.8.